The van der Waals surface area contributed by atoms with Crippen molar-refractivity contribution in [3.63, 3.8) is 0 Å². The SMILES string of the molecule is CC1(C)CCN(Cc2ccc(Br)c(N)c2)CC1. The lowest BCUT2D eigenvalue weighted by molar-refractivity contribution is 0.127. The van der Waals surface area contributed by atoms with Crippen molar-refractivity contribution in [2.45, 2.75) is 33.2 Å². The molecule has 0 amide bonds. The van der Waals surface area contributed by atoms with E-state index in [9.17, 15) is 0 Å². The molecular formula is C14H21BrN2. The van der Waals surface area contributed by atoms with Gasteiger partial charge in [0.25, 0.3) is 0 Å². The molecule has 2 rings (SSSR count). The molecule has 3 heteroatoms. The minimum atomic E-state index is 0.523. The van der Waals surface area contributed by atoms with Gasteiger partial charge in [-0.15, -0.1) is 0 Å². The van der Waals surface area contributed by atoms with E-state index in [2.05, 4.69) is 46.8 Å². The summed E-state index contributed by atoms with van der Waals surface area (Å²) in [5, 5.41) is 0. The van der Waals surface area contributed by atoms with Crippen LogP contribution in [0.1, 0.15) is 32.3 Å². The lowest BCUT2D eigenvalue weighted by Gasteiger charge is -2.36. The molecule has 1 aliphatic heterocycles. The number of hydrogen-bond donors (Lipinski definition) is 1. The van der Waals surface area contributed by atoms with Crippen molar-refractivity contribution in [2.75, 3.05) is 18.8 Å². The van der Waals surface area contributed by atoms with Crippen molar-refractivity contribution >= 4 is 21.6 Å². The third-order valence-electron chi connectivity index (χ3n) is 3.68. The molecule has 17 heavy (non-hydrogen) atoms. The molecule has 0 spiro atoms. The van der Waals surface area contributed by atoms with Crippen LogP contribution in [0.4, 0.5) is 5.69 Å². The van der Waals surface area contributed by atoms with Crippen molar-refractivity contribution in [1.29, 1.82) is 0 Å². The second kappa shape index (κ2) is 4.99. The van der Waals surface area contributed by atoms with Crippen molar-refractivity contribution < 1.29 is 0 Å². The van der Waals surface area contributed by atoms with Gasteiger partial charge in [0.1, 0.15) is 0 Å². The lowest BCUT2D eigenvalue weighted by atomic mass is 9.82. The molecule has 1 saturated heterocycles. The second-order valence-corrected chi connectivity index (χ2v) is 6.65. The van der Waals surface area contributed by atoms with E-state index in [1.165, 1.54) is 31.5 Å². The fraction of sp³-hybridized carbons (Fsp3) is 0.571. The van der Waals surface area contributed by atoms with Gasteiger partial charge in [0.15, 0.2) is 0 Å². The molecule has 0 atom stereocenters. The number of nitrogens with zero attached hydrogens (tertiary/aromatic N) is 1. The van der Waals surface area contributed by atoms with Gasteiger partial charge in [-0.05, 0) is 65.0 Å². The van der Waals surface area contributed by atoms with E-state index in [4.69, 9.17) is 5.73 Å². The molecule has 0 aromatic heterocycles. The van der Waals surface area contributed by atoms with Crippen molar-refractivity contribution in [3.8, 4) is 0 Å². The van der Waals surface area contributed by atoms with Crippen LogP contribution >= 0.6 is 15.9 Å². The highest BCUT2D eigenvalue weighted by molar-refractivity contribution is 9.10. The summed E-state index contributed by atoms with van der Waals surface area (Å²) in [6.07, 6.45) is 2.58. The molecule has 0 unspecified atom stereocenters. The quantitative estimate of drug-likeness (QED) is 0.844. The highest BCUT2D eigenvalue weighted by atomic mass is 79.9. The van der Waals surface area contributed by atoms with Crippen LogP contribution in [0.25, 0.3) is 0 Å². The van der Waals surface area contributed by atoms with Crippen LogP contribution in [0.3, 0.4) is 0 Å². The Balaban J connectivity index is 1.95. The van der Waals surface area contributed by atoms with Crippen LogP contribution in [0.5, 0.6) is 0 Å². The highest BCUT2D eigenvalue weighted by Crippen LogP contribution is 2.30. The Labute approximate surface area is 112 Å². The highest BCUT2D eigenvalue weighted by Gasteiger charge is 2.25. The molecule has 0 aliphatic carbocycles. The summed E-state index contributed by atoms with van der Waals surface area (Å²) < 4.78 is 0.987. The minimum Gasteiger partial charge on any atom is -0.398 e. The van der Waals surface area contributed by atoms with Gasteiger partial charge in [0, 0.05) is 16.7 Å². The number of piperidine rings is 1. The topological polar surface area (TPSA) is 29.3 Å². The fourth-order valence-electron chi connectivity index (χ4n) is 2.27. The van der Waals surface area contributed by atoms with Crippen molar-refractivity contribution in [2.24, 2.45) is 5.41 Å². The van der Waals surface area contributed by atoms with Gasteiger partial charge >= 0.3 is 0 Å². The predicted octanol–water partition coefficient (Wildman–Crippen LogP) is 3.65. The van der Waals surface area contributed by atoms with Crippen molar-refractivity contribution in [1.82, 2.24) is 4.90 Å². The van der Waals surface area contributed by atoms with Gasteiger partial charge in [0.2, 0.25) is 0 Å². The zero-order valence-corrected chi connectivity index (χ0v) is 12.3. The van der Waals surface area contributed by atoms with Gasteiger partial charge in [0.05, 0.1) is 0 Å². The lowest BCUT2D eigenvalue weighted by Crippen LogP contribution is -2.36. The molecule has 1 fully saturated rings. The van der Waals surface area contributed by atoms with Gasteiger partial charge in [-0.3, -0.25) is 4.90 Å². The van der Waals surface area contributed by atoms with Gasteiger partial charge in [-0.2, -0.15) is 0 Å². The monoisotopic (exact) mass is 296 g/mol. The summed E-state index contributed by atoms with van der Waals surface area (Å²) in [5.41, 5.74) is 8.57. The molecule has 1 aliphatic rings. The third kappa shape index (κ3) is 3.46. The Kier molecular flexibility index (Phi) is 3.79. The van der Waals surface area contributed by atoms with E-state index >= 15 is 0 Å². The molecule has 2 nitrogen and oxygen atoms in total. The fourth-order valence-corrected chi connectivity index (χ4v) is 2.51. The molecule has 94 valence electrons. The number of nitrogen functional groups attached to an aromatic ring is 1. The average molecular weight is 297 g/mol. The standard InChI is InChI=1S/C14H21BrN2/c1-14(2)5-7-17(8-6-14)10-11-3-4-12(15)13(16)9-11/h3-4,9H,5-8,10,16H2,1-2H3. The summed E-state index contributed by atoms with van der Waals surface area (Å²) in [5.74, 6) is 0. The largest absolute Gasteiger partial charge is 0.398 e. The van der Waals surface area contributed by atoms with Gasteiger partial charge in [-0.1, -0.05) is 19.9 Å². The van der Waals surface area contributed by atoms with E-state index in [1.54, 1.807) is 0 Å². The maximum atomic E-state index is 5.90. The van der Waals surface area contributed by atoms with Crippen LogP contribution in [-0.4, -0.2) is 18.0 Å². The Hall–Kier alpha value is -0.540. The van der Waals surface area contributed by atoms with E-state index in [0.717, 1.165) is 16.7 Å². The minimum absolute atomic E-state index is 0.523. The molecule has 0 saturated carbocycles. The number of rotatable bonds is 2. The smallest absolute Gasteiger partial charge is 0.0461 e. The molecule has 0 bridgehead atoms. The zero-order chi connectivity index (χ0) is 12.5. The van der Waals surface area contributed by atoms with Crippen LogP contribution in [0.15, 0.2) is 22.7 Å². The summed E-state index contributed by atoms with van der Waals surface area (Å²) in [4.78, 5) is 2.52. The van der Waals surface area contributed by atoms with Gasteiger partial charge in [-0.25, -0.2) is 0 Å². The van der Waals surface area contributed by atoms with Crippen LogP contribution in [-0.2, 0) is 6.54 Å². The summed E-state index contributed by atoms with van der Waals surface area (Å²) in [7, 11) is 0. The van der Waals surface area contributed by atoms with Gasteiger partial charge < -0.3 is 5.73 Å². The molecular weight excluding hydrogens is 276 g/mol. The Morgan fingerprint density at radius 2 is 1.94 bits per heavy atom. The molecule has 1 aromatic rings. The summed E-state index contributed by atoms with van der Waals surface area (Å²) in [6.45, 7) is 8.14. The first-order chi connectivity index (χ1) is 7.96. The number of likely N-dealkylation sites (tertiary alicyclic amines) is 1. The first-order valence-corrected chi connectivity index (χ1v) is 7.02. The van der Waals surface area contributed by atoms with E-state index in [0.29, 0.717) is 5.41 Å². The molecule has 1 aromatic carbocycles. The Bertz CT molecular complexity index is 391. The van der Waals surface area contributed by atoms with Crippen LogP contribution in [0.2, 0.25) is 0 Å². The normalized spacial score (nSPS) is 20.4. The van der Waals surface area contributed by atoms with Crippen molar-refractivity contribution in [3.05, 3.63) is 28.2 Å². The molecule has 0 radical (unpaired) electrons. The number of hydrogen-bond acceptors (Lipinski definition) is 2. The predicted molar refractivity (Wildman–Crippen MR) is 76.8 cm³/mol. The van der Waals surface area contributed by atoms with E-state index in [-0.39, 0.29) is 0 Å². The average Bonchev–Trinajstić information content (AvgIpc) is 2.27. The second-order valence-electron chi connectivity index (χ2n) is 5.80. The Morgan fingerprint density at radius 3 is 2.53 bits per heavy atom. The zero-order valence-electron chi connectivity index (χ0n) is 10.7. The molecule has 2 N–H and O–H groups in total. The number of nitrogens with two attached hydrogens (primary N) is 1. The Morgan fingerprint density at radius 1 is 1.29 bits per heavy atom. The van der Waals surface area contributed by atoms with Crippen LogP contribution in [0, 0.1) is 5.41 Å². The van der Waals surface area contributed by atoms with E-state index in [1.807, 2.05) is 6.07 Å². The number of halogens is 1. The third-order valence-corrected chi connectivity index (χ3v) is 4.40. The molecule has 1 heterocycles. The van der Waals surface area contributed by atoms with Crippen LogP contribution < -0.4 is 5.73 Å². The first-order valence-electron chi connectivity index (χ1n) is 6.23. The number of benzene rings is 1. The summed E-state index contributed by atoms with van der Waals surface area (Å²) >= 11 is 3.43. The summed E-state index contributed by atoms with van der Waals surface area (Å²) in [6, 6.07) is 6.27. The maximum Gasteiger partial charge on any atom is 0.0461 e. The maximum absolute atomic E-state index is 5.90. The first kappa shape index (κ1) is 12.9. The van der Waals surface area contributed by atoms with E-state index < -0.39 is 0 Å². The number of anilines is 1.